The fourth-order valence-corrected chi connectivity index (χ4v) is 7.83. The summed E-state index contributed by atoms with van der Waals surface area (Å²) in [6.45, 7) is 9.02. The molecule has 6 heteroatoms. The number of carbonyl (C=O) groups excluding carboxylic acids is 3. The Morgan fingerprint density at radius 3 is 0.897 bits per heavy atom. The molecule has 0 bridgehead atoms. The Balaban J connectivity index is 4.27. The van der Waals surface area contributed by atoms with Gasteiger partial charge < -0.3 is 14.2 Å². The molecule has 0 aliphatic rings. The maximum atomic E-state index is 12.7. The first-order chi connectivity index (χ1) is 28.4. The number of esters is 3. The van der Waals surface area contributed by atoms with Crippen molar-refractivity contribution in [3.8, 4) is 0 Å². The van der Waals surface area contributed by atoms with E-state index in [0.717, 1.165) is 63.7 Å². The predicted molar refractivity (Wildman–Crippen MR) is 247 cm³/mol. The van der Waals surface area contributed by atoms with Crippen molar-refractivity contribution < 1.29 is 28.6 Å². The lowest BCUT2D eigenvalue weighted by Gasteiger charge is -2.18. The second-order valence-corrected chi connectivity index (χ2v) is 18.1. The van der Waals surface area contributed by atoms with Crippen molar-refractivity contribution in [2.24, 2.45) is 5.92 Å². The molecule has 0 radical (unpaired) electrons. The van der Waals surface area contributed by atoms with E-state index in [2.05, 4.69) is 27.7 Å². The molecule has 0 fully saturated rings. The van der Waals surface area contributed by atoms with Gasteiger partial charge in [0.05, 0.1) is 0 Å². The van der Waals surface area contributed by atoms with Gasteiger partial charge in [0.1, 0.15) is 13.2 Å². The molecule has 0 saturated carbocycles. The molecule has 0 saturated heterocycles. The van der Waals surface area contributed by atoms with Crippen LogP contribution in [0.25, 0.3) is 0 Å². The van der Waals surface area contributed by atoms with Gasteiger partial charge in [-0.25, -0.2) is 0 Å². The third-order valence-electron chi connectivity index (χ3n) is 12.2. The smallest absolute Gasteiger partial charge is 0.306 e. The van der Waals surface area contributed by atoms with Crippen LogP contribution in [0.4, 0.5) is 0 Å². The number of hydrogen-bond donors (Lipinski definition) is 0. The summed E-state index contributed by atoms with van der Waals surface area (Å²) in [6, 6.07) is 0. The van der Waals surface area contributed by atoms with Gasteiger partial charge in [-0.15, -0.1) is 0 Å². The van der Waals surface area contributed by atoms with Crippen molar-refractivity contribution in [3.63, 3.8) is 0 Å². The van der Waals surface area contributed by atoms with E-state index in [1.54, 1.807) is 0 Å². The molecule has 0 amide bonds. The lowest BCUT2D eigenvalue weighted by Crippen LogP contribution is -2.30. The number of hydrogen-bond acceptors (Lipinski definition) is 6. The molecule has 58 heavy (non-hydrogen) atoms. The first-order valence-corrected chi connectivity index (χ1v) is 25.9. The molecule has 344 valence electrons. The summed E-state index contributed by atoms with van der Waals surface area (Å²) in [6.07, 6.45) is 48.0. The van der Waals surface area contributed by atoms with Crippen LogP contribution < -0.4 is 0 Å². The van der Waals surface area contributed by atoms with Crippen LogP contribution >= 0.6 is 0 Å². The average molecular weight is 821 g/mol. The molecule has 0 N–H and O–H groups in total. The molecule has 1 unspecified atom stereocenters. The van der Waals surface area contributed by atoms with Gasteiger partial charge in [-0.3, -0.25) is 14.4 Å². The third-order valence-corrected chi connectivity index (χ3v) is 12.2. The zero-order chi connectivity index (χ0) is 42.4. The molecule has 0 aromatic carbocycles. The molecule has 0 aliphatic carbocycles. The van der Waals surface area contributed by atoms with E-state index in [0.29, 0.717) is 19.3 Å². The van der Waals surface area contributed by atoms with Crippen LogP contribution in [0.1, 0.15) is 291 Å². The second-order valence-electron chi connectivity index (χ2n) is 18.1. The summed E-state index contributed by atoms with van der Waals surface area (Å²) in [5.74, 6) is 0.00111. The number of carbonyl (C=O) groups is 3. The summed E-state index contributed by atoms with van der Waals surface area (Å²) in [5, 5.41) is 0. The van der Waals surface area contributed by atoms with Crippen molar-refractivity contribution in [1.29, 1.82) is 0 Å². The summed E-state index contributed by atoms with van der Waals surface area (Å²) < 4.78 is 16.8. The summed E-state index contributed by atoms with van der Waals surface area (Å²) in [7, 11) is 0. The zero-order valence-corrected chi connectivity index (χ0v) is 39.5. The van der Waals surface area contributed by atoms with Crippen LogP contribution in [0.3, 0.4) is 0 Å². The van der Waals surface area contributed by atoms with E-state index < -0.39 is 6.10 Å². The number of ether oxygens (including phenoxy) is 3. The van der Waals surface area contributed by atoms with E-state index in [9.17, 15) is 14.4 Å². The van der Waals surface area contributed by atoms with E-state index in [4.69, 9.17) is 14.2 Å². The van der Waals surface area contributed by atoms with Crippen molar-refractivity contribution in [3.05, 3.63) is 0 Å². The topological polar surface area (TPSA) is 78.9 Å². The highest BCUT2D eigenvalue weighted by Crippen LogP contribution is 2.17. The van der Waals surface area contributed by atoms with Gasteiger partial charge in [0.15, 0.2) is 6.10 Å². The highest BCUT2D eigenvalue weighted by Gasteiger charge is 2.19. The molecule has 0 spiro atoms. The van der Waals surface area contributed by atoms with Crippen molar-refractivity contribution in [2.75, 3.05) is 13.2 Å². The zero-order valence-electron chi connectivity index (χ0n) is 39.5. The summed E-state index contributed by atoms with van der Waals surface area (Å²) >= 11 is 0. The van der Waals surface area contributed by atoms with Crippen LogP contribution in [-0.4, -0.2) is 37.2 Å². The lowest BCUT2D eigenvalue weighted by atomic mass is 9.99. The van der Waals surface area contributed by atoms with E-state index in [-0.39, 0.29) is 31.1 Å². The van der Waals surface area contributed by atoms with Crippen molar-refractivity contribution in [2.45, 2.75) is 297 Å². The highest BCUT2D eigenvalue weighted by atomic mass is 16.6. The molecular formula is C52H100O6. The van der Waals surface area contributed by atoms with E-state index in [1.807, 2.05) is 0 Å². The van der Waals surface area contributed by atoms with Gasteiger partial charge in [0.25, 0.3) is 0 Å². The lowest BCUT2D eigenvalue weighted by molar-refractivity contribution is -0.167. The van der Waals surface area contributed by atoms with E-state index >= 15 is 0 Å². The molecule has 0 heterocycles. The van der Waals surface area contributed by atoms with Gasteiger partial charge in [-0.05, 0) is 25.2 Å². The Labute approximate surface area is 361 Å². The van der Waals surface area contributed by atoms with Gasteiger partial charge in [-0.1, -0.05) is 252 Å². The highest BCUT2D eigenvalue weighted by molar-refractivity contribution is 5.71. The third kappa shape index (κ3) is 44.0. The SMILES string of the molecule is CCCCCCCCCCCCCCCCCCCC(=O)OC[C@H](COC(=O)CCCCCCCCCCC(C)CC)OC(=O)CCCCCCCCCCCCC. The van der Waals surface area contributed by atoms with Crippen LogP contribution in [-0.2, 0) is 28.6 Å². The summed E-state index contributed by atoms with van der Waals surface area (Å²) in [5.41, 5.74) is 0. The Bertz CT molecular complexity index is 874. The number of rotatable bonds is 47. The minimum atomic E-state index is -0.760. The normalized spacial score (nSPS) is 12.4. The minimum Gasteiger partial charge on any atom is -0.462 e. The molecule has 2 atom stereocenters. The maximum Gasteiger partial charge on any atom is 0.306 e. The maximum absolute atomic E-state index is 12.7. The Morgan fingerprint density at radius 1 is 0.345 bits per heavy atom. The molecule has 0 aliphatic heterocycles. The van der Waals surface area contributed by atoms with Crippen LogP contribution in [0.15, 0.2) is 0 Å². The largest absolute Gasteiger partial charge is 0.462 e. The molecule has 0 rings (SSSR count). The average Bonchev–Trinajstić information content (AvgIpc) is 3.22. The van der Waals surface area contributed by atoms with Gasteiger partial charge in [-0.2, -0.15) is 0 Å². The Morgan fingerprint density at radius 2 is 0.603 bits per heavy atom. The second kappa shape index (κ2) is 46.5. The standard InChI is InChI=1S/C52H100O6/c1-5-8-10-12-14-16-18-19-20-21-22-23-25-26-31-35-39-43-50(53)56-46-49(58-52(55)45-41-37-33-27-24-17-15-13-11-9-6-2)47-57-51(54)44-40-36-32-29-28-30-34-38-42-48(4)7-3/h48-49H,5-47H2,1-4H3/t48?,49-/m1/s1. The quantitative estimate of drug-likeness (QED) is 0.0346. The molecular weight excluding hydrogens is 721 g/mol. The molecule has 0 aromatic rings. The molecule has 6 nitrogen and oxygen atoms in total. The Kier molecular flexibility index (Phi) is 45.2. The van der Waals surface area contributed by atoms with Crippen LogP contribution in [0.5, 0.6) is 0 Å². The van der Waals surface area contributed by atoms with Crippen LogP contribution in [0.2, 0.25) is 0 Å². The van der Waals surface area contributed by atoms with Crippen molar-refractivity contribution in [1.82, 2.24) is 0 Å². The fourth-order valence-electron chi connectivity index (χ4n) is 7.83. The Hall–Kier alpha value is -1.59. The fraction of sp³-hybridized carbons (Fsp3) is 0.942. The van der Waals surface area contributed by atoms with Crippen LogP contribution in [0, 0.1) is 5.92 Å². The van der Waals surface area contributed by atoms with E-state index in [1.165, 1.54) is 186 Å². The van der Waals surface area contributed by atoms with Crippen molar-refractivity contribution >= 4 is 17.9 Å². The van der Waals surface area contributed by atoms with Gasteiger partial charge >= 0.3 is 17.9 Å². The minimum absolute atomic E-state index is 0.0631. The molecule has 0 aromatic heterocycles. The first-order valence-electron chi connectivity index (χ1n) is 25.9. The number of unbranched alkanes of at least 4 members (excludes halogenated alkanes) is 33. The van der Waals surface area contributed by atoms with Gasteiger partial charge in [0, 0.05) is 19.3 Å². The first kappa shape index (κ1) is 56.4. The monoisotopic (exact) mass is 821 g/mol. The van der Waals surface area contributed by atoms with Gasteiger partial charge in [0.2, 0.25) is 0 Å². The predicted octanol–water partition coefficient (Wildman–Crippen LogP) is 16.7. The summed E-state index contributed by atoms with van der Waals surface area (Å²) in [4.78, 5) is 37.9.